The van der Waals surface area contributed by atoms with Crippen LogP contribution in [0.25, 0.3) is 5.57 Å². The van der Waals surface area contributed by atoms with Crippen molar-refractivity contribution in [2.24, 2.45) is 5.92 Å². The molecule has 3 aliphatic rings. The van der Waals surface area contributed by atoms with Gasteiger partial charge in [-0.3, -0.25) is 0 Å². The standard InChI is InChI=1S/C28H30FNO/c1-16-9-10-18(14-22(16)29)21-13-19-7-6-8-24(31-5)26(19)20-11-12-23-25(27(20)21)17(2)15-28(3,4)30-23/h6-12,14-15,21,23,25,30H,13H2,1-5H3. The molecule has 2 aromatic rings. The molecule has 2 aliphatic carbocycles. The van der Waals surface area contributed by atoms with E-state index in [4.69, 9.17) is 4.74 Å². The van der Waals surface area contributed by atoms with Gasteiger partial charge in [-0.05, 0) is 74.1 Å². The van der Waals surface area contributed by atoms with Crippen molar-refractivity contribution in [3.05, 3.63) is 93.8 Å². The summed E-state index contributed by atoms with van der Waals surface area (Å²) in [5.74, 6) is 1.16. The first-order chi connectivity index (χ1) is 14.8. The van der Waals surface area contributed by atoms with Gasteiger partial charge in [0.1, 0.15) is 11.6 Å². The van der Waals surface area contributed by atoms with Gasteiger partial charge >= 0.3 is 0 Å². The number of halogens is 1. The zero-order valence-electron chi connectivity index (χ0n) is 18.9. The second-order valence-electron chi connectivity index (χ2n) is 9.75. The quantitative estimate of drug-likeness (QED) is 0.597. The van der Waals surface area contributed by atoms with E-state index in [-0.39, 0.29) is 29.2 Å². The van der Waals surface area contributed by atoms with E-state index in [1.54, 1.807) is 13.2 Å². The third-order valence-corrected chi connectivity index (χ3v) is 7.09. The second kappa shape index (κ2) is 7.20. The lowest BCUT2D eigenvalue weighted by molar-refractivity contribution is 0.350. The minimum atomic E-state index is -0.130. The number of hydrogen-bond donors (Lipinski definition) is 1. The van der Waals surface area contributed by atoms with Gasteiger partial charge in [-0.15, -0.1) is 0 Å². The molecule has 0 amide bonds. The van der Waals surface area contributed by atoms with Gasteiger partial charge in [0.15, 0.2) is 0 Å². The number of nitrogens with one attached hydrogen (secondary N) is 1. The first kappa shape index (κ1) is 20.3. The molecule has 5 rings (SSSR count). The number of benzene rings is 2. The van der Waals surface area contributed by atoms with E-state index in [9.17, 15) is 4.39 Å². The van der Waals surface area contributed by atoms with Gasteiger partial charge in [-0.1, -0.05) is 48.1 Å². The van der Waals surface area contributed by atoms with Crippen LogP contribution in [0.3, 0.4) is 0 Å². The monoisotopic (exact) mass is 415 g/mol. The van der Waals surface area contributed by atoms with Crippen LogP contribution in [0.5, 0.6) is 5.75 Å². The van der Waals surface area contributed by atoms with Crippen LogP contribution in [-0.4, -0.2) is 18.7 Å². The summed E-state index contributed by atoms with van der Waals surface area (Å²) in [6.07, 6.45) is 7.76. The van der Waals surface area contributed by atoms with Gasteiger partial charge in [0, 0.05) is 29.0 Å². The zero-order valence-corrected chi connectivity index (χ0v) is 18.9. The number of aryl methyl sites for hydroxylation is 1. The molecule has 3 atom stereocenters. The Morgan fingerprint density at radius 2 is 1.94 bits per heavy atom. The maximum atomic E-state index is 14.6. The molecule has 0 bridgehead atoms. The molecular weight excluding hydrogens is 385 g/mol. The summed E-state index contributed by atoms with van der Waals surface area (Å²) in [7, 11) is 1.74. The molecule has 0 fully saturated rings. The van der Waals surface area contributed by atoms with Crippen molar-refractivity contribution >= 4 is 5.57 Å². The molecule has 3 unspecified atom stereocenters. The van der Waals surface area contributed by atoms with E-state index in [0.29, 0.717) is 5.56 Å². The van der Waals surface area contributed by atoms with E-state index < -0.39 is 0 Å². The Bertz CT molecular complexity index is 1150. The van der Waals surface area contributed by atoms with E-state index in [0.717, 1.165) is 17.7 Å². The van der Waals surface area contributed by atoms with E-state index in [1.807, 2.05) is 19.1 Å². The molecule has 0 saturated carbocycles. The number of methoxy groups -OCH3 is 1. The van der Waals surface area contributed by atoms with Crippen molar-refractivity contribution in [3.63, 3.8) is 0 Å². The van der Waals surface area contributed by atoms with E-state index in [2.05, 4.69) is 62.5 Å². The maximum absolute atomic E-state index is 14.6. The summed E-state index contributed by atoms with van der Waals surface area (Å²) in [6.45, 7) is 8.51. The van der Waals surface area contributed by atoms with Crippen LogP contribution in [0.15, 0.2) is 65.8 Å². The minimum Gasteiger partial charge on any atom is -0.496 e. The van der Waals surface area contributed by atoms with Crippen LogP contribution >= 0.6 is 0 Å². The van der Waals surface area contributed by atoms with Crippen molar-refractivity contribution < 1.29 is 9.13 Å². The highest BCUT2D eigenvalue weighted by Crippen LogP contribution is 2.52. The van der Waals surface area contributed by atoms with Crippen LogP contribution in [0, 0.1) is 18.7 Å². The first-order valence-electron chi connectivity index (χ1n) is 11.1. The Balaban J connectivity index is 1.76. The second-order valence-corrected chi connectivity index (χ2v) is 9.75. The minimum absolute atomic E-state index is 0.0522. The van der Waals surface area contributed by atoms with Gasteiger partial charge in [0.05, 0.1) is 7.11 Å². The van der Waals surface area contributed by atoms with Crippen LogP contribution in [-0.2, 0) is 6.42 Å². The van der Waals surface area contributed by atoms with E-state index >= 15 is 0 Å². The fourth-order valence-electron chi connectivity index (χ4n) is 5.87. The maximum Gasteiger partial charge on any atom is 0.126 e. The molecule has 0 radical (unpaired) electrons. The fourth-order valence-corrected chi connectivity index (χ4v) is 5.87. The summed E-state index contributed by atoms with van der Waals surface area (Å²) in [6, 6.07) is 12.3. The summed E-state index contributed by atoms with van der Waals surface area (Å²) in [5.41, 5.74) is 8.13. The SMILES string of the molecule is COc1cccc2c1C1=C(C(c3ccc(C)c(F)c3)C2)C2C(C)=CC(C)(C)NC2C=C1. The van der Waals surface area contributed by atoms with Gasteiger partial charge in [0.2, 0.25) is 0 Å². The van der Waals surface area contributed by atoms with Crippen LogP contribution in [0.2, 0.25) is 0 Å². The largest absolute Gasteiger partial charge is 0.496 e. The van der Waals surface area contributed by atoms with Crippen molar-refractivity contribution in [1.29, 1.82) is 0 Å². The van der Waals surface area contributed by atoms with Gasteiger partial charge in [-0.2, -0.15) is 0 Å². The smallest absolute Gasteiger partial charge is 0.126 e. The number of hydrogen-bond acceptors (Lipinski definition) is 2. The lowest BCUT2D eigenvalue weighted by Crippen LogP contribution is -2.53. The normalized spacial score (nSPS) is 26.0. The topological polar surface area (TPSA) is 21.3 Å². The van der Waals surface area contributed by atoms with Gasteiger partial charge in [0.25, 0.3) is 0 Å². The van der Waals surface area contributed by atoms with Gasteiger partial charge < -0.3 is 10.1 Å². The Labute approximate surface area is 184 Å². The fraction of sp³-hybridized carbons (Fsp3) is 0.357. The summed E-state index contributed by atoms with van der Waals surface area (Å²) in [5, 5.41) is 3.80. The highest BCUT2D eigenvalue weighted by atomic mass is 19.1. The third kappa shape index (κ3) is 3.27. The molecule has 31 heavy (non-hydrogen) atoms. The highest BCUT2D eigenvalue weighted by Gasteiger charge is 2.42. The predicted molar refractivity (Wildman–Crippen MR) is 125 cm³/mol. The molecule has 0 spiro atoms. The molecule has 1 aliphatic heterocycles. The van der Waals surface area contributed by atoms with Crippen LogP contribution in [0.4, 0.5) is 4.39 Å². The van der Waals surface area contributed by atoms with Crippen LogP contribution in [0.1, 0.15) is 48.9 Å². The average molecular weight is 416 g/mol. The summed E-state index contributed by atoms with van der Waals surface area (Å²) < 4.78 is 20.4. The predicted octanol–water partition coefficient (Wildman–Crippen LogP) is 6.12. The molecule has 1 heterocycles. The highest BCUT2D eigenvalue weighted by molar-refractivity contribution is 5.87. The van der Waals surface area contributed by atoms with Crippen LogP contribution < -0.4 is 10.1 Å². The lowest BCUT2D eigenvalue weighted by Gasteiger charge is -2.46. The molecule has 1 N–H and O–H groups in total. The van der Waals surface area contributed by atoms with Crippen molar-refractivity contribution in [1.82, 2.24) is 5.32 Å². The Morgan fingerprint density at radius 1 is 1.13 bits per heavy atom. The summed E-state index contributed by atoms with van der Waals surface area (Å²) in [4.78, 5) is 0. The Kier molecular flexibility index (Phi) is 4.71. The van der Waals surface area contributed by atoms with Crippen molar-refractivity contribution in [2.45, 2.75) is 51.6 Å². The Hall–Kier alpha value is -2.65. The molecule has 2 aromatic carbocycles. The van der Waals surface area contributed by atoms with Crippen molar-refractivity contribution in [2.75, 3.05) is 7.11 Å². The lowest BCUT2D eigenvalue weighted by atomic mass is 9.64. The zero-order chi connectivity index (χ0) is 21.9. The third-order valence-electron chi connectivity index (χ3n) is 7.09. The average Bonchev–Trinajstić information content (AvgIpc) is 2.73. The van der Waals surface area contributed by atoms with Crippen molar-refractivity contribution in [3.8, 4) is 5.75 Å². The molecular formula is C28H30FNO. The first-order valence-corrected chi connectivity index (χ1v) is 11.1. The number of ether oxygens (including phenoxy) is 1. The molecule has 160 valence electrons. The molecule has 0 saturated heterocycles. The number of fused-ring (bicyclic) bond motifs is 4. The molecule has 3 heteroatoms. The Morgan fingerprint density at radius 3 is 2.68 bits per heavy atom. The van der Waals surface area contributed by atoms with E-state index in [1.165, 1.54) is 27.8 Å². The summed E-state index contributed by atoms with van der Waals surface area (Å²) >= 11 is 0. The number of rotatable bonds is 2. The molecule has 0 aromatic heterocycles. The van der Waals surface area contributed by atoms with Gasteiger partial charge in [-0.25, -0.2) is 4.39 Å². The number of allylic oxidation sites excluding steroid dienone is 2. The molecule has 2 nitrogen and oxygen atoms in total.